The molecule has 1 aromatic rings. The average molecular weight is 332 g/mol. The lowest BCUT2D eigenvalue weighted by molar-refractivity contribution is 0.288. The van der Waals surface area contributed by atoms with Crippen molar-refractivity contribution in [2.75, 3.05) is 18.1 Å². The minimum atomic E-state index is -3.44. The molecule has 1 aromatic carbocycles. The Hall–Kier alpha value is -0.560. The van der Waals surface area contributed by atoms with E-state index in [1.54, 1.807) is 12.1 Å². The summed E-state index contributed by atoms with van der Waals surface area (Å²) in [5, 5.41) is 8.79. The summed E-state index contributed by atoms with van der Waals surface area (Å²) in [5.41, 5.74) is 1.04. The van der Waals surface area contributed by atoms with Crippen molar-refractivity contribution in [2.45, 2.75) is 44.0 Å². The van der Waals surface area contributed by atoms with Crippen molar-refractivity contribution in [3.05, 3.63) is 29.8 Å². The molecule has 21 heavy (non-hydrogen) atoms. The molecule has 0 amide bonds. The van der Waals surface area contributed by atoms with E-state index in [4.69, 9.17) is 5.11 Å². The van der Waals surface area contributed by atoms with Gasteiger partial charge in [-0.25, -0.2) is 13.1 Å². The standard InChI is InChI=1S/C15H25NO3S2/c1-3-20-12-10-13(2)16-21(18,19)15-8-6-14(7-9-15)5-4-11-17/h6-9,13,16-17H,3-5,10-12H2,1-2H3. The number of nitrogens with one attached hydrogen (secondary N) is 1. The zero-order valence-corrected chi connectivity index (χ0v) is 14.3. The van der Waals surface area contributed by atoms with Gasteiger partial charge in [-0.05, 0) is 55.4 Å². The van der Waals surface area contributed by atoms with Gasteiger partial charge in [0.1, 0.15) is 0 Å². The Morgan fingerprint density at radius 1 is 1.29 bits per heavy atom. The van der Waals surface area contributed by atoms with E-state index in [9.17, 15) is 8.42 Å². The Bertz CT molecular complexity index is 500. The van der Waals surface area contributed by atoms with Crippen LogP contribution in [0, 0.1) is 0 Å². The van der Waals surface area contributed by atoms with E-state index < -0.39 is 10.0 Å². The van der Waals surface area contributed by atoms with Gasteiger partial charge in [-0.3, -0.25) is 0 Å². The topological polar surface area (TPSA) is 66.4 Å². The number of rotatable bonds is 10. The molecule has 0 aromatic heterocycles. The first-order chi connectivity index (χ1) is 9.99. The van der Waals surface area contributed by atoms with E-state index in [1.165, 1.54) is 0 Å². The fraction of sp³-hybridized carbons (Fsp3) is 0.600. The molecule has 1 atom stereocenters. The molecule has 120 valence electrons. The largest absolute Gasteiger partial charge is 0.396 e. The third-order valence-corrected chi connectivity index (χ3v) is 5.65. The smallest absolute Gasteiger partial charge is 0.240 e. The predicted octanol–water partition coefficient (Wildman–Crippen LogP) is 2.42. The molecule has 1 rings (SSSR count). The van der Waals surface area contributed by atoms with E-state index in [0.29, 0.717) is 11.3 Å². The maximum atomic E-state index is 12.2. The minimum absolute atomic E-state index is 0.0666. The fourth-order valence-electron chi connectivity index (χ4n) is 1.91. The summed E-state index contributed by atoms with van der Waals surface area (Å²) in [6.07, 6.45) is 2.28. The van der Waals surface area contributed by atoms with Crippen LogP contribution in [0.25, 0.3) is 0 Å². The van der Waals surface area contributed by atoms with Gasteiger partial charge < -0.3 is 5.11 Å². The highest BCUT2D eigenvalue weighted by atomic mass is 32.2. The lowest BCUT2D eigenvalue weighted by Crippen LogP contribution is -2.33. The average Bonchev–Trinajstić information content (AvgIpc) is 2.45. The molecular weight excluding hydrogens is 306 g/mol. The number of aryl methyl sites for hydroxylation is 1. The van der Waals surface area contributed by atoms with Crippen LogP contribution >= 0.6 is 11.8 Å². The van der Waals surface area contributed by atoms with Crippen molar-refractivity contribution in [3.8, 4) is 0 Å². The molecule has 0 aliphatic rings. The van der Waals surface area contributed by atoms with Crippen molar-refractivity contribution in [1.82, 2.24) is 4.72 Å². The van der Waals surface area contributed by atoms with E-state index in [1.807, 2.05) is 30.8 Å². The van der Waals surface area contributed by atoms with Crippen LogP contribution in [0.15, 0.2) is 29.2 Å². The lowest BCUT2D eigenvalue weighted by Gasteiger charge is -2.14. The second kappa shape index (κ2) is 9.46. The van der Waals surface area contributed by atoms with E-state index in [2.05, 4.69) is 11.6 Å². The maximum Gasteiger partial charge on any atom is 0.240 e. The minimum Gasteiger partial charge on any atom is -0.396 e. The summed E-state index contributed by atoms with van der Waals surface area (Å²) in [7, 11) is -3.44. The highest BCUT2D eigenvalue weighted by Crippen LogP contribution is 2.13. The zero-order chi connectivity index (χ0) is 15.7. The second-order valence-corrected chi connectivity index (χ2v) is 8.09. The van der Waals surface area contributed by atoms with Gasteiger partial charge in [0, 0.05) is 12.6 Å². The zero-order valence-electron chi connectivity index (χ0n) is 12.7. The van der Waals surface area contributed by atoms with Crippen molar-refractivity contribution in [2.24, 2.45) is 0 Å². The number of thioether (sulfide) groups is 1. The SMILES string of the molecule is CCSCCC(C)NS(=O)(=O)c1ccc(CCCO)cc1. The Morgan fingerprint density at radius 2 is 1.95 bits per heavy atom. The van der Waals surface area contributed by atoms with Crippen LogP contribution in [-0.4, -0.2) is 37.7 Å². The summed E-state index contributed by atoms with van der Waals surface area (Å²) in [5.74, 6) is 2.01. The maximum absolute atomic E-state index is 12.2. The lowest BCUT2D eigenvalue weighted by atomic mass is 10.1. The molecule has 6 heteroatoms. The van der Waals surface area contributed by atoms with Crippen LogP contribution < -0.4 is 4.72 Å². The molecule has 0 heterocycles. The van der Waals surface area contributed by atoms with Crippen LogP contribution in [0.4, 0.5) is 0 Å². The summed E-state index contributed by atoms with van der Waals surface area (Å²) in [6, 6.07) is 6.80. The van der Waals surface area contributed by atoms with E-state index >= 15 is 0 Å². The molecule has 0 aliphatic heterocycles. The number of aliphatic hydroxyl groups is 1. The second-order valence-electron chi connectivity index (χ2n) is 4.98. The van der Waals surface area contributed by atoms with Crippen LogP contribution in [0.5, 0.6) is 0 Å². The Balaban J connectivity index is 2.61. The molecule has 4 nitrogen and oxygen atoms in total. The van der Waals surface area contributed by atoms with Gasteiger partial charge in [-0.2, -0.15) is 11.8 Å². The van der Waals surface area contributed by atoms with Gasteiger partial charge >= 0.3 is 0 Å². The molecule has 2 N–H and O–H groups in total. The number of aliphatic hydroxyl groups excluding tert-OH is 1. The molecular formula is C15H25NO3S2. The molecule has 0 radical (unpaired) electrons. The van der Waals surface area contributed by atoms with Gasteiger partial charge in [-0.1, -0.05) is 19.1 Å². The van der Waals surface area contributed by atoms with Crippen LogP contribution in [0.1, 0.15) is 32.3 Å². The number of benzene rings is 1. The van der Waals surface area contributed by atoms with Gasteiger partial charge in [0.25, 0.3) is 0 Å². The molecule has 0 fully saturated rings. The van der Waals surface area contributed by atoms with E-state index in [0.717, 1.165) is 29.9 Å². The van der Waals surface area contributed by atoms with Gasteiger partial charge in [0.05, 0.1) is 4.90 Å². The molecule has 1 unspecified atom stereocenters. The van der Waals surface area contributed by atoms with Crippen molar-refractivity contribution in [3.63, 3.8) is 0 Å². The number of hydrogen-bond donors (Lipinski definition) is 2. The van der Waals surface area contributed by atoms with Crippen molar-refractivity contribution in [1.29, 1.82) is 0 Å². The van der Waals surface area contributed by atoms with Crippen LogP contribution in [0.2, 0.25) is 0 Å². The van der Waals surface area contributed by atoms with Gasteiger partial charge in [0.2, 0.25) is 10.0 Å². The first kappa shape index (κ1) is 18.5. The van der Waals surface area contributed by atoms with E-state index in [-0.39, 0.29) is 12.6 Å². The van der Waals surface area contributed by atoms with Crippen LogP contribution in [0.3, 0.4) is 0 Å². The van der Waals surface area contributed by atoms with Gasteiger partial charge in [-0.15, -0.1) is 0 Å². The van der Waals surface area contributed by atoms with Crippen LogP contribution in [-0.2, 0) is 16.4 Å². The number of hydrogen-bond acceptors (Lipinski definition) is 4. The molecule has 0 spiro atoms. The molecule has 0 aliphatic carbocycles. The van der Waals surface area contributed by atoms with Gasteiger partial charge in [0.15, 0.2) is 0 Å². The third kappa shape index (κ3) is 6.82. The predicted molar refractivity (Wildman–Crippen MR) is 89.2 cm³/mol. The number of sulfonamides is 1. The summed E-state index contributed by atoms with van der Waals surface area (Å²) < 4.78 is 27.2. The third-order valence-electron chi connectivity index (χ3n) is 3.11. The molecule has 0 bridgehead atoms. The monoisotopic (exact) mass is 331 g/mol. The quantitative estimate of drug-likeness (QED) is 0.646. The normalized spacial score (nSPS) is 13.3. The highest BCUT2D eigenvalue weighted by Gasteiger charge is 2.16. The Kier molecular flexibility index (Phi) is 8.33. The van der Waals surface area contributed by atoms with Crippen molar-refractivity contribution < 1.29 is 13.5 Å². The first-order valence-corrected chi connectivity index (χ1v) is 9.93. The molecule has 0 saturated carbocycles. The van der Waals surface area contributed by atoms with Crippen molar-refractivity contribution >= 4 is 21.8 Å². The summed E-state index contributed by atoms with van der Waals surface area (Å²) >= 11 is 1.81. The summed E-state index contributed by atoms with van der Waals surface area (Å²) in [6.45, 7) is 4.14. The molecule has 0 saturated heterocycles. The fourth-order valence-corrected chi connectivity index (χ4v) is 4.00. The summed E-state index contributed by atoms with van der Waals surface area (Å²) in [4.78, 5) is 0.297. The Morgan fingerprint density at radius 3 is 2.52 bits per heavy atom. The first-order valence-electron chi connectivity index (χ1n) is 7.29. The Labute approximate surface area is 132 Å². The highest BCUT2D eigenvalue weighted by molar-refractivity contribution is 7.99.